The number of hydrogen-bond acceptors (Lipinski definition) is 2. The van der Waals surface area contributed by atoms with Crippen LogP contribution in [-0.2, 0) is 15.8 Å². The number of nitrogens with one attached hydrogen (secondary N) is 1. The smallest absolute Gasteiger partial charge is 0.326 e. The molecule has 1 N–H and O–H groups in total. The summed E-state index contributed by atoms with van der Waals surface area (Å²) in [5.41, 5.74) is 0.500. The molecule has 0 heterocycles. The van der Waals surface area contributed by atoms with E-state index in [1.165, 1.54) is 17.0 Å². The highest BCUT2D eigenvalue weighted by atomic mass is 19.4. The van der Waals surface area contributed by atoms with Gasteiger partial charge in [0.25, 0.3) is 0 Å². The summed E-state index contributed by atoms with van der Waals surface area (Å²) in [5, 5.41) is 2.42. The molecule has 2 amide bonds. The first-order valence-corrected chi connectivity index (χ1v) is 9.25. The summed E-state index contributed by atoms with van der Waals surface area (Å²) < 4.78 is 38.4. The fraction of sp³-hybridized carbons (Fsp3) is 0.130. The van der Waals surface area contributed by atoms with Gasteiger partial charge in [-0.2, -0.15) is 13.2 Å². The van der Waals surface area contributed by atoms with Crippen molar-refractivity contribution in [3.63, 3.8) is 0 Å². The van der Waals surface area contributed by atoms with Crippen LogP contribution < -0.4 is 10.2 Å². The summed E-state index contributed by atoms with van der Waals surface area (Å²) in [6.07, 6.45) is -4.76. The van der Waals surface area contributed by atoms with Crippen LogP contribution in [0.5, 0.6) is 0 Å². The highest BCUT2D eigenvalue weighted by molar-refractivity contribution is 6.02. The second-order valence-corrected chi connectivity index (χ2v) is 6.53. The van der Waals surface area contributed by atoms with E-state index in [1.807, 2.05) is 12.1 Å². The van der Waals surface area contributed by atoms with Crippen LogP contribution in [0.1, 0.15) is 18.4 Å². The van der Waals surface area contributed by atoms with Crippen molar-refractivity contribution in [1.29, 1.82) is 0 Å². The minimum absolute atomic E-state index is 0.0326. The van der Waals surface area contributed by atoms with E-state index >= 15 is 0 Å². The summed E-state index contributed by atoms with van der Waals surface area (Å²) in [7, 11) is 0. The highest BCUT2D eigenvalue weighted by Crippen LogP contribution is 2.31. The van der Waals surface area contributed by atoms with Crippen molar-refractivity contribution in [2.75, 3.05) is 10.2 Å². The molecule has 0 aromatic heterocycles. The van der Waals surface area contributed by atoms with E-state index in [1.54, 1.807) is 48.5 Å². The summed E-state index contributed by atoms with van der Waals surface area (Å²) >= 11 is 0. The largest absolute Gasteiger partial charge is 0.416 e. The topological polar surface area (TPSA) is 49.4 Å². The van der Waals surface area contributed by atoms with Gasteiger partial charge in [0.05, 0.1) is 5.56 Å². The fourth-order valence-electron chi connectivity index (χ4n) is 2.92. The van der Waals surface area contributed by atoms with Crippen LogP contribution in [0.15, 0.2) is 84.9 Å². The zero-order chi connectivity index (χ0) is 21.6. The predicted molar refractivity (Wildman–Crippen MR) is 109 cm³/mol. The van der Waals surface area contributed by atoms with Gasteiger partial charge in [0.1, 0.15) is 0 Å². The van der Waals surface area contributed by atoms with Crippen LogP contribution in [0.25, 0.3) is 0 Å². The number of nitrogens with zero attached hydrogens (tertiary/aromatic N) is 1. The molecule has 0 saturated carbocycles. The molecule has 0 atom stereocenters. The van der Waals surface area contributed by atoms with E-state index in [0.29, 0.717) is 11.4 Å². The number of carbonyl (C=O) groups is 2. The van der Waals surface area contributed by atoms with Gasteiger partial charge >= 0.3 is 6.18 Å². The molecule has 30 heavy (non-hydrogen) atoms. The molecule has 7 heteroatoms. The summed E-state index contributed by atoms with van der Waals surface area (Å²) in [5.74, 6) is -0.838. The molecule has 0 aliphatic carbocycles. The summed E-state index contributed by atoms with van der Waals surface area (Å²) in [6.45, 7) is 0. The number of hydrogen-bond donors (Lipinski definition) is 1. The minimum atomic E-state index is -4.50. The number of para-hydroxylation sites is 2. The number of anilines is 3. The average molecular weight is 412 g/mol. The normalized spacial score (nSPS) is 11.0. The molecule has 3 rings (SSSR count). The number of rotatable bonds is 6. The number of benzene rings is 3. The molecule has 3 aromatic carbocycles. The molecule has 0 aliphatic rings. The first kappa shape index (κ1) is 21.1. The van der Waals surface area contributed by atoms with Crippen LogP contribution in [0, 0.1) is 0 Å². The quantitative estimate of drug-likeness (QED) is 0.557. The van der Waals surface area contributed by atoms with Gasteiger partial charge in [-0.1, -0.05) is 42.5 Å². The Morgan fingerprint density at radius 1 is 0.767 bits per heavy atom. The van der Waals surface area contributed by atoms with E-state index in [-0.39, 0.29) is 24.4 Å². The van der Waals surface area contributed by atoms with Gasteiger partial charge in [0.2, 0.25) is 11.8 Å². The van der Waals surface area contributed by atoms with E-state index in [2.05, 4.69) is 5.32 Å². The van der Waals surface area contributed by atoms with Crippen molar-refractivity contribution in [2.45, 2.75) is 19.0 Å². The molecule has 0 fully saturated rings. The molecule has 0 aliphatic heterocycles. The van der Waals surface area contributed by atoms with Crippen LogP contribution in [-0.4, -0.2) is 11.8 Å². The molecule has 0 radical (unpaired) electrons. The Bertz CT molecular complexity index is 966. The standard InChI is InChI=1S/C23H19F3N2O2/c24-23(25,26)17-8-7-9-18(16-17)27-21(29)14-15-22(30)28(19-10-3-1-4-11-19)20-12-5-2-6-13-20/h1-13,16H,14-15H2,(H,27,29). The zero-order valence-electron chi connectivity index (χ0n) is 15.9. The van der Waals surface area contributed by atoms with Gasteiger partial charge < -0.3 is 5.32 Å². The zero-order valence-corrected chi connectivity index (χ0v) is 15.9. The monoisotopic (exact) mass is 412 g/mol. The van der Waals surface area contributed by atoms with Crippen molar-refractivity contribution < 1.29 is 22.8 Å². The van der Waals surface area contributed by atoms with Gasteiger partial charge in [0, 0.05) is 29.9 Å². The lowest BCUT2D eigenvalue weighted by atomic mass is 10.1. The molecule has 0 bridgehead atoms. The Labute approximate surface area is 171 Å². The second-order valence-electron chi connectivity index (χ2n) is 6.53. The van der Waals surface area contributed by atoms with Gasteiger partial charge in [-0.15, -0.1) is 0 Å². The molecule has 0 saturated heterocycles. The van der Waals surface area contributed by atoms with Crippen molar-refractivity contribution >= 4 is 28.9 Å². The van der Waals surface area contributed by atoms with Gasteiger partial charge in [0.15, 0.2) is 0 Å². The predicted octanol–water partition coefficient (Wildman–Crippen LogP) is 5.79. The minimum Gasteiger partial charge on any atom is -0.326 e. The highest BCUT2D eigenvalue weighted by Gasteiger charge is 2.30. The maximum Gasteiger partial charge on any atom is 0.416 e. The SMILES string of the molecule is O=C(CCC(=O)N(c1ccccc1)c1ccccc1)Nc1cccc(C(F)(F)F)c1. The molecular weight excluding hydrogens is 393 g/mol. The average Bonchev–Trinajstić information content (AvgIpc) is 2.74. The van der Waals surface area contributed by atoms with E-state index in [4.69, 9.17) is 0 Å². The number of alkyl halides is 3. The van der Waals surface area contributed by atoms with Crippen LogP contribution in [0.2, 0.25) is 0 Å². The Kier molecular flexibility index (Phi) is 6.51. The summed E-state index contributed by atoms with van der Waals surface area (Å²) in [4.78, 5) is 26.6. The van der Waals surface area contributed by atoms with E-state index in [9.17, 15) is 22.8 Å². The van der Waals surface area contributed by atoms with E-state index < -0.39 is 17.6 Å². The Balaban J connectivity index is 1.68. The lowest BCUT2D eigenvalue weighted by Gasteiger charge is -2.23. The molecule has 154 valence electrons. The van der Waals surface area contributed by atoms with Crippen molar-refractivity contribution in [3.05, 3.63) is 90.5 Å². The fourth-order valence-corrected chi connectivity index (χ4v) is 2.92. The Morgan fingerprint density at radius 2 is 1.33 bits per heavy atom. The molecule has 0 spiro atoms. The third-order valence-electron chi connectivity index (χ3n) is 4.32. The lowest BCUT2D eigenvalue weighted by molar-refractivity contribution is -0.137. The third-order valence-corrected chi connectivity index (χ3v) is 4.32. The maximum atomic E-state index is 12.9. The van der Waals surface area contributed by atoms with Gasteiger partial charge in [-0.05, 0) is 42.5 Å². The molecular formula is C23H19F3N2O2. The van der Waals surface area contributed by atoms with Gasteiger partial charge in [-0.3, -0.25) is 14.5 Å². The Hall–Kier alpha value is -3.61. The second kappa shape index (κ2) is 9.26. The lowest BCUT2D eigenvalue weighted by Crippen LogP contribution is -2.27. The molecule has 0 unspecified atom stereocenters. The first-order valence-electron chi connectivity index (χ1n) is 9.25. The first-order chi connectivity index (χ1) is 14.3. The van der Waals surface area contributed by atoms with E-state index in [0.717, 1.165) is 12.1 Å². The number of halogens is 3. The van der Waals surface area contributed by atoms with Crippen LogP contribution in [0.4, 0.5) is 30.2 Å². The molecule has 3 aromatic rings. The number of carbonyl (C=O) groups excluding carboxylic acids is 2. The number of amides is 2. The van der Waals surface area contributed by atoms with Crippen molar-refractivity contribution in [1.82, 2.24) is 0 Å². The maximum absolute atomic E-state index is 12.9. The summed E-state index contributed by atoms with van der Waals surface area (Å²) in [6, 6.07) is 22.4. The third kappa shape index (κ3) is 5.47. The van der Waals surface area contributed by atoms with Crippen LogP contribution in [0.3, 0.4) is 0 Å². The van der Waals surface area contributed by atoms with Gasteiger partial charge in [-0.25, -0.2) is 0 Å². The van der Waals surface area contributed by atoms with Crippen molar-refractivity contribution in [3.8, 4) is 0 Å². The molecule has 4 nitrogen and oxygen atoms in total. The Morgan fingerprint density at radius 3 is 1.87 bits per heavy atom. The van der Waals surface area contributed by atoms with Crippen LogP contribution >= 0.6 is 0 Å². The van der Waals surface area contributed by atoms with Crippen molar-refractivity contribution in [2.24, 2.45) is 0 Å².